The third-order valence-corrected chi connectivity index (χ3v) is 3.38. The van der Waals surface area contributed by atoms with E-state index in [4.69, 9.17) is 4.74 Å². The highest BCUT2D eigenvalue weighted by molar-refractivity contribution is 5.99. The largest absolute Gasteiger partial charge is 0.497 e. The molecule has 3 aromatic rings. The summed E-state index contributed by atoms with van der Waals surface area (Å²) in [6, 6.07) is 7.27. The zero-order valence-corrected chi connectivity index (χ0v) is 13.4. The van der Waals surface area contributed by atoms with E-state index in [0.717, 1.165) is 10.9 Å². The monoisotopic (exact) mass is 337 g/mol. The molecule has 2 aromatic heterocycles. The molecular weight excluding hydrogens is 322 g/mol. The predicted molar refractivity (Wildman–Crippen MR) is 91.3 cm³/mol. The van der Waals surface area contributed by atoms with Crippen LogP contribution in [0.25, 0.3) is 10.9 Å². The average molecular weight is 337 g/mol. The van der Waals surface area contributed by atoms with Gasteiger partial charge in [-0.1, -0.05) is 0 Å². The minimum absolute atomic E-state index is 0.150. The topological polar surface area (TPSA) is 106 Å². The molecule has 0 unspecified atom stereocenters. The second kappa shape index (κ2) is 7.35. The van der Waals surface area contributed by atoms with Gasteiger partial charge in [-0.25, -0.2) is 4.98 Å². The van der Waals surface area contributed by atoms with E-state index >= 15 is 0 Å². The van der Waals surface area contributed by atoms with Gasteiger partial charge in [0.25, 0.3) is 5.91 Å². The van der Waals surface area contributed by atoms with Crippen LogP contribution < -0.4 is 15.4 Å². The zero-order chi connectivity index (χ0) is 17.6. The van der Waals surface area contributed by atoms with Gasteiger partial charge < -0.3 is 15.4 Å². The Morgan fingerprint density at radius 2 is 2.00 bits per heavy atom. The molecule has 0 aliphatic carbocycles. The number of nitrogens with one attached hydrogen (secondary N) is 2. The first-order chi connectivity index (χ1) is 12.2. The van der Waals surface area contributed by atoms with E-state index in [0.29, 0.717) is 11.4 Å². The number of carbonyl (C=O) groups excluding carboxylic acids is 2. The van der Waals surface area contributed by atoms with Crippen molar-refractivity contribution in [3.8, 4) is 5.75 Å². The number of rotatable bonds is 5. The van der Waals surface area contributed by atoms with E-state index in [1.54, 1.807) is 19.4 Å². The maximum Gasteiger partial charge on any atom is 0.271 e. The summed E-state index contributed by atoms with van der Waals surface area (Å²) < 4.78 is 5.15. The quantitative estimate of drug-likeness (QED) is 0.729. The number of pyridine rings is 1. The molecular formula is C17H15N5O3. The number of carbonyl (C=O) groups is 2. The fourth-order valence-corrected chi connectivity index (χ4v) is 2.17. The summed E-state index contributed by atoms with van der Waals surface area (Å²) in [5.74, 6) is -0.123. The number of amides is 2. The highest BCUT2D eigenvalue weighted by Gasteiger charge is 2.10. The van der Waals surface area contributed by atoms with E-state index in [1.165, 1.54) is 18.6 Å². The lowest BCUT2D eigenvalue weighted by Gasteiger charge is -2.08. The van der Waals surface area contributed by atoms with Gasteiger partial charge in [-0.2, -0.15) is 0 Å². The van der Waals surface area contributed by atoms with Crippen molar-refractivity contribution < 1.29 is 14.3 Å². The van der Waals surface area contributed by atoms with Crippen LogP contribution in [-0.2, 0) is 4.79 Å². The molecule has 2 N–H and O–H groups in total. The summed E-state index contributed by atoms with van der Waals surface area (Å²) in [4.78, 5) is 35.7. The smallest absolute Gasteiger partial charge is 0.271 e. The SMILES string of the molecule is COc1ccc2cc(NC(=O)CNC(=O)c3cnccn3)cnc2c1. The first-order valence-electron chi connectivity index (χ1n) is 7.43. The van der Waals surface area contributed by atoms with E-state index in [-0.39, 0.29) is 18.1 Å². The summed E-state index contributed by atoms with van der Waals surface area (Å²) >= 11 is 0. The summed E-state index contributed by atoms with van der Waals surface area (Å²) in [6.07, 6.45) is 5.75. The number of fused-ring (bicyclic) bond motifs is 1. The number of aromatic nitrogens is 3. The molecule has 0 radical (unpaired) electrons. The lowest BCUT2D eigenvalue weighted by molar-refractivity contribution is -0.115. The van der Waals surface area contributed by atoms with Crippen molar-refractivity contribution in [1.29, 1.82) is 0 Å². The van der Waals surface area contributed by atoms with Gasteiger partial charge in [0, 0.05) is 23.8 Å². The zero-order valence-electron chi connectivity index (χ0n) is 13.4. The Morgan fingerprint density at radius 3 is 2.76 bits per heavy atom. The maximum absolute atomic E-state index is 12.0. The van der Waals surface area contributed by atoms with Crippen LogP contribution >= 0.6 is 0 Å². The van der Waals surface area contributed by atoms with Crippen LogP contribution in [0.4, 0.5) is 5.69 Å². The lowest BCUT2D eigenvalue weighted by atomic mass is 10.2. The van der Waals surface area contributed by atoms with Gasteiger partial charge >= 0.3 is 0 Å². The normalized spacial score (nSPS) is 10.3. The Labute approximate surface area is 143 Å². The third kappa shape index (κ3) is 4.05. The van der Waals surface area contributed by atoms with Crippen LogP contribution in [0.3, 0.4) is 0 Å². The molecule has 0 atom stereocenters. The van der Waals surface area contributed by atoms with Gasteiger partial charge in [0.15, 0.2) is 0 Å². The third-order valence-electron chi connectivity index (χ3n) is 3.38. The van der Waals surface area contributed by atoms with Crippen molar-refractivity contribution in [3.63, 3.8) is 0 Å². The van der Waals surface area contributed by atoms with Crippen LogP contribution in [0.1, 0.15) is 10.5 Å². The molecule has 8 nitrogen and oxygen atoms in total. The Morgan fingerprint density at radius 1 is 1.12 bits per heavy atom. The Hall–Kier alpha value is -3.55. The van der Waals surface area contributed by atoms with E-state index in [2.05, 4.69) is 25.6 Å². The van der Waals surface area contributed by atoms with Gasteiger partial charge in [0.05, 0.1) is 37.3 Å². The summed E-state index contributed by atoms with van der Waals surface area (Å²) in [7, 11) is 1.59. The predicted octanol–water partition coefficient (Wildman–Crippen LogP) is 1.40. The van der Waals surface area contributed by atoms with Crippen molar-refractivity contribution in [2.24, 2.45) is 0 Å². The maximum atomic E-state index is 12.0. The molecule has 2 amide bonds. The first kappa shape index (κ1) is 16.3. The lowest BCUT2D eigenvalue weighted by Crippen LogP contribution is -2.33. The highest BCUT2D eigenvalue weighted by Crippen LogP contribution is 2.21. The van der Waals surface area contributed by atoms with Gasteiger partial charge in [-0.3, -0.25) is 19.6 Å². The number of nitrogens with zero attached hydrogens (tertiary/aromatic N) is 3. The van der Waals surface area contributed by atoms with Gasteiger partial charge in [0.2, 0.25) is 5.91 Å². The van der Waals surface area contributed by atoms with Gasteiger partial charge in [-0.15, -0.1) is 0 Å². The molecule has 0 saturated heterocycles. The average Bonchev–Trinajstić information content (AvgIpc) is 2.66. The van der Waals surface area contributed by atoms with E-state index in [9.17, 15) is 9.59 Å². The summed E-state index contributed by atoms with van der Waals surface area (Å²) in [5, 5.41) is 6.03. The number of anilines is 1. The van der Waals surface area contributed by atoms with E-state index < -0.39 is 5.91 Å². The number of benzene rings is 1. The number of hydrogen-bond acceptors (Lipinski definition) is 6. The number of hydrogen-bond donors (Lipinski definition) is 2. The highest BCUT2D eigenvalue weighted by atomic mass is 16.5. The van der Waals surface area contributed by atoms with Gasteiger partial charge in [-0.05, 0) is 18.2 Å². The Balaban J connectivity index is 1.61. The molecule has 0 bridgehead atoms. The fraction of sp³-hybridized carbons (Fsp3) is 0.118. The van der Waals surface area contributed by atoms with Crippen LogP contribution in [0.15, 0.2) is 49.1 Å². The number of methoxy groups -OCH3 is 1. The summed E-state index contributed by atoms with van der Waals surface area (Å²) in [6.45, 7) is -0.184. The minimum atomic E-state index is -0.466. The van der Waals surface area contributed by atoms with Crippen molar-refractivity contribution in [1.82, 2.24) is 20.3 Å². The minimum Gasteiger partial charge on any atom is -0.497 e. The van der Waals surface area contributed by atoms with Crippen molar-refractivity contribution in [3.05, 3.63) is 54.7 Å². The van der Waals surface area contributed by atoms with Crippen molar-refractivity contribution in [2.45, 2.75) is 0 Å². The Bertz CT molecular complexity index is 915. The molecule has 1 aromatic carbocycles. The molecule has 25 heavy (non-hydrogen) atoms. The van der Waals surface area contributed by atoms with Gasteiger partial charge in [0.1, 0.15) is 11.4 Å². The standard InChI is InChI=1S/C17H15N5O3/c1-25-13-3-2-11-6-12(8-20-14(11)7-13)22-16(23)10-21-17(24)15-9-18-4-5-19-15/h2-9H,10H2,1H3,(H,21,24)(H,22,23). The molecule has 2 heterocycles. The Kier molecular flexibility index (Phi) is 4.79. The molecule has 126 valence electrons. The molecule has 0 spiro atoms. The molecule has 0 aliphatic heterocycles. The molecule has 0 saturated carbocycles. The second-order valence-electron chi connectivity index (χ2n) is 5.10. The van der Waals surface area contributed by atoms with Crippen LogP contribution in [0.5, 0.6) is 5.75 Å². The number of ether oxygens (including phenoxy) is 1. The van der Waals surface area contributed by atoms with Crippen LogP contribution in [0.2, 0.25) is 0 Å². The summed E-state index contributed by atoms with van der Waals surface area (Å²) in [5.41, 5.74) is 1.45. The molecule has 8 heteroatoms. The van der Waals surface area contributed by atoms with Crippen molar-refractivity contribution >= 4 is 28.4 Å². The van der Waals surface area contributed by atoms with Crippen LogP contribution in [0, 0.1) is 0 Å². The first-order valence-corrected chi connectivity index (χ1v) is 7.43. The second-order valence-corrected chi connectivity index (χ2v) is 5.10. The van der Waals surface area contributed by atoms with E-state index in [1.807, 2.05) is 18.2 Å². The molecule has 0 aliphatic rings. The van der Waals surface area contributed by atoms with Crippen molar-refractivity contribution in [2.75, 3.05) is 19.0 Å². The van der Waals surface area contributed by atoms with Crippen LogP contribution in [-0.4, -0.2) is 40.4 Å². The fourth-order valence-electron chi connectivity index (χ4n) is 2.17. The molecule has 0 fully saturated rings. The molecule has 3 rings (SSSR count).